The number of halogens is 1. The molecule has 4 heteroatoms. The van der Waals surface area contributed by atoms with Gasteiger partial charge in [0.2, 0.25) is 5.91 Å². The molecule has 1 unspecified atom stereocenters. The van der Waals surface area contributed by atoms with E-state index in [0.29, 0.717) is 6.61 Å². The lowest BCUT2D eigenvalue weighted by Gasteiger charge is -2.24. The summed E-state index contributed by atoms with van der Waals surface area (Å²) in [5, 5.41) is 3.02. The molecule has 2 rings (SSSR count). The van der Waals surface area contributed by atoms with Gasteiger partial charge < -0.3 is 10.1 Å². The summed E-state index contributed by atoms with van der Waals surface area (Å²) in [4.78, 5) is 12.0. The van der Waals surface area contributed by atoms with Crippen LogP contribution in [-0.4, -0.2) is 23.5 Å². The molecule has 1 aliphatic heterocycles. The minimum Gasteiger partial charge on any atom is -0.492 e. The van der Waals surface area contributed by atoms with Crippen molar-refractivity contribution >= 4 is 28.5 Å². The topological polar surface area (TPSA) is 38.3 Å². The number of fused-ring (bicyclic) bond motifs is 1. The Balaban J connectivity index is 1.76. The zero-order chi connectivity index (χ0) is 13.5. The van der Waals surface area contributed by atoms with Crippen LogP contribution >= 0.6 is 22.6 Å². The first-order chi connectivity index (χ1) is 9.31. The maximum atomic E-state index is 12.0. The Hall–Kier alpha value is -0.780. The molecule has 0 spiro atoms. The van der Waals surface area contributed by atoms with Crippen molar-refractivity contribution in [1.29, 1.82) is 0 Å². The minimum absolute atomic E-state index is 0.0422. The Morgan fingerprint density at radius 1 is 1.32 bits per heavy atom. The summed E-state index contributed by atoms with van der Waals surface area (Å²) in [5.74, 6) is 1.01. The molecule has 0 radical (unpaired) electrons. The van der Waals surface area contributed by atoms with Gasteiger partial charge in [0.25, 0.3) is 0 Å². The monoisotopic (exact) mass is 373 g/mol. The Labute approximate surface area is 128 Å². The van der Waals surface area contributed by atoms with Crippen LogP contribution in [0.5, 0.6) is 5.75 Å². The molecule has 104 valence electrons. The third-order valence-electron chi connectivity index (χ3n) is 3.36. The zero-order valence-electron chi connectivity index (χ0n) is 11.0. The molecule has 1 heterocycles. The van der Waals surface area contributed by atoms with Crippen LogP contribution < -0.4 is 10.1 Å². The van der Waals surface area contributed by atoms with Crippen LogP contribution in [0.4, 0.5) is 0 Å². The standard InChI is InChI=1S/C15H20INO2/c16-8-4-1-5-9-17-15(18)13-10-12-6-2-3-7-14(12)19-11-13/h2-3,6-7,13H,1,4-5,8-11H2,(H,17,18). The number of carbonyl (C=O) groups excluding carboxylic acids is 1. The van der Waals surface area contributed by atoms with Crippen molar-refractivity contribution in [2.75, 3.05) is 17.6 Å². The second kappa shape index (κ2) is 7.72. The normalized spacial score (nSPS) is 17.4. The van der Waals surface area contributed by atoms with Crippen LogP contribution in [0, 0.1) is 5.92 Å². The maximum absolute atomic E-state index is 12.0. The van der Waals surface area contributed by atoms with Gasteiger partial charge in [0.05, 0.1) is 5.92 Å². The largest absolute Gasteiger partial charge is 0.492 e. The van der Waals surface area contributed by atoms with E-state index < -0.39 is 0 Å². The highest BCUT2D eigenvalue weighted by atomic mass is 127. The van der Waals surface area contributed by atoms with Crippen LogP contribution in [-0.2, 0) is 11.2 Å². The van der Waals surface area contributed by atoms with E-state index in [2.05, 4.69) is 27.9 Å². The first-order valence-corrected chi connectivity index (χ1v) is 8.38. The summed E-state index contributed by atoms with van der Waals surface area (Å²) in [6, 6.07) is 7.96. The molecule has 0 fully saturated rings. The van der Waals surface area contributed by atoms with Crippen molar-refractivity contribution in [2.45, 2.75) is 25.7 Å². The highest BCUT2D eigenvalue weighted by molar-refractivity contribution is 14.1. The predicted molar refractivity (Wildman–Crippen MR) is 84.9 cm³/mol. The van der Waals surface area contributed by atoms with Crippen LogP contribution in [0.1, 0.15) is 24.8 Å². The van der Waals surface area contributed by atoms with Crippen LogP contribution in [0.2, 0.25) is 0 Å². The van der Waals surface area contributed by atoms with Gasteiger partial charge in [-0.3, -0.25) is 4.79 Å². The van der Waals surface area contributed by atoms with E-state index in [1.54, 1.807) is 0 Å². The third kappa shape index (κ3) is 4.37. The molecule has 0 saturated heterocycles. The van der Waals surface area contributed by atoms with E-state index in [0.717, 1.165) is 30.7 Å². The average molecular weight is 373 g/mol. The number of unbranched alkanes of at least 4 members (excludes halogenated alkanes) is 2. The minimum atomic E-state index is -0.0422. The second-order valence-corrected chi connectivity index (χ2v) is 5.94. The van der Waals surface area contributed by atoms with Crippen LogP contribution in [0.3, 0.4) is 0 Å². The first kappa shape index (κ1) is 14.6. The molecule has 0 saturated carbocycles. The van der Waals surface area contributed by atoms with E-state index in [1.807, 2.05) is 24.3 Å². The number of hydrogen-bond acceptors (Lipinski definition) is 2. The van der Waals surface area contributed by atoms with E-state index in [9.17, 15) is 4.79 Å². The van der Waals surface area contributed by atoms with Crippen molar-refractivity contribution in [1.82, 2.24) is 5.32 Å². The van der Waals surface area contributed by atoms with E-state index >= 15 is 0 Å². The quantitative estimate of drug-likeness (QED) is 0.473. The Morgan fingerprint density at radius 2 is 2.16 bits per heavy atom. The lowest BCUT2D eigenvalue weighted by atomic mass is 9.96. The number of carbonyl (C=O) groups is 1. The first-order valence-electron chi connectivity index (χ1n) is 6.85. The molecular formula is C15H20INO2. The number of para-hydroxylation sites is 1. The SMILES string of the molecule is O=C(NCCCCCI)C1COc2ccccc2C1. The molecule has 0 bridgehead atoms. The third-order valence-corrected chi connectivity index (χ3v) is 4.12. The van der Waals surface area contributed by atoms with E-state index in [4.69, 9.17) is 4.74 Å². The van der Waals surface area contributed by atoms with Crippen LogP contribution in [0.25, 0.3) is 0 Å². The Kier molecular flexibility index (Phi) is 5.94. The van der Waals surface area contributed by atoms with Gasteiger partial charge in [0, 0.05) is 6.54 Å². The van der Waals surface area contributed by atoms with Gasteiger partial charge in [0.1, 0.15) is 12.4 Å². The van der Waals surface area contributed by atoms with Gasteiger partial charge in [-0.2, -0.15) is 0 Å². The molecular weight excluding hydrogens is 353 g/mol. The fourth-order valence-corrected chi connectivity index (χ4v) is 2.79. The molecule has 3 nitrogen and oxygen atoms in total. The highest BCUT2D eigenvalue weighted by Gasteiger charge is 2.25. The van der Waals surface area contributed by atoms with Gasteiger partial charge in [-0.1, -0.05) is 47.2 Å². The van der Waals surface area contributed by atoms with Gasteiger partial charge in [0.15, 0.2) is 0 Å². The fraction of sp³-hybridized carbons (Fsp3) is 0.533. The second-order valence-electron chi connectivity index (χ2n) is 4.86. The number of rotatable bonds is 6. The number of hydrogen-bond donors (Lipinski definition) is 1. The number of ether oxygens (including phenoxy) is 1. The van der Waals surface area contributed by atoms with Crippen molar-refractivity contribution in [3.05, 3.63) is 29.8 Å². The average Bonchev–Trinajstić information content (AvgIpc) is 2.46. The summed E-state index contributed by atoms with van der Waals surface area (Å²) in [5.41, 5.74) is 1.14. The van der Waals surface area contributed by atoms with Crippen molar-refractivity contribution in [3.63, 3.8) is 0 Å². The number of alkyl halides is 1. The molecule has 1 aromatic rings. The summed E-state index contributed by atoms with van der Waals surface area (Å²) < 4.78 is 6.83. The van der Waals surface area contributed by atoms with Gasteiger partial charge in [-0.05, 0) is 35.3 Å². The molecule has 0 aliphatic carbocycles. The smallest absolute Gasteiger partial charge is 0.226 e. The Morgan fingerprint density at radius 3 is 3.00 bits per heavy atom. The molecule has 0 aromatic heterocycles. The Bertz CT molecular complexity index is 422. The highest BCUT2D eigenvalue weighted by Crippen LogP contribution is 2.26. The molecule has 1 N–H and O–H groups in total. The number of benzene rings is 1. The maximum Gasteiger partial charge on any atom is 0.226 e. The number of amides is 1. The van der Waals surface area contributed by atoms with E-state index in [-0.39, 0.29) is 11.8 Å². The summed E-state index contributed by atoms with van der Waals surface area (Å²) >= 11 is 2.38. The van der Waals surface area contributed by atoms with Crippen molar-refractivity contribution < 1.29 is 9.53 Å². The summed E-state index contributed by atoms with van der Waals surface area (Å²) in [7, 11) is 0. The lowest BCUT2D eigenvalue weighted by Crippen LogP contribution is -2.37. The van der Waals surface area contributed by atoms with E-state index in [1.165, 1.54) is 17.3 Å². The fourth-order valence-electron chi connectivity index (χ4n) is 2.25. The predicted octanol–water partition coefficient (Wildman–Crippen LogP) is 2.96. The molecule has 1 aromatic carbocycles. The zero-order valence-corrected chi connectivity index (χ0v) is 13.2. The van der Waals surface area contributed by atoms with Crippen molar-refractivity contribution in [3.8, 4) is 5.75 Å². The van der Waals surface area contributed by atoms with Crippen LogP contribution in [0.15, 0.2) is 24.3 Å². The summed E-state index contributed by atoms with van der Waals surface area (Å²) in [6.07, 6.45) is 4.28. The lowest BCUT2D eigenvalue weighted by molar-refractivity contribution is -0.126. The van der Waals surface area contributed by atoms with Crippen molar-refractivity contribution in [2.24, 2.45) is 5.92 Å². The van der Waals surface area contributed by atoms with Gasteiger partial charge in [-0.25, -0.2) is 0 Å². The molecule has 1 aliphatic rings. The van der Waals surface area contributed by atoms with Gasteiger partial charge in [-0.15, -0.1) is 0 Å². The van der Waals surface area contributed by atoms with Gasteiger partial charge >= 0.3 is 0 Å². The molecule has 1 atom stereocenters. The molecule has 1 amide bonds. The molecule has 19 heavy (non-hydrogen) atoms. The summed E-state index contributed by atoms with van der Waals surface area (Å²) in [6.45, 7) is 1.28. The number of nitrogens with one attached hydrogen (secondary N) is 1.